The number of hydrogen-bond donors (Lipinski definition) is 2. The number of nitro benzene ring substituents is 1. The molecule has 3 rings (SSSR count). The van der Waals surface area contributed by atoms with Crippen molar-refractivity contribution in [2.75, 3.05) is 12.5 Å². The van der Waals surface area contributed by atoms with E-state index in [9.17, 15) is 23.6 Å². The lowest BCUT2D eigenvalue weighted by atomic mass is 9.96. The Bertz CT molecular complexity index is 1050. The highest BCUT2D eigenvalue weighted by Crippen LogP contribution is 2.32. The first-order valence-electron chi connectivity index (χ1n) is 9.64. The molecule has 1 aliphatic carbocycles. The molecule has 0 spiro atoms. The zero-order valence-electron chi connectivity index (χ0n) is 16.6. The summed E-state index contributed by atoms with van der Waals surface area (Å²) >= 11 is 0. The maximum absolute atomic E-state index is 13.3. The van der Waals surface area contributed by atoms with E-state index in [0.717, 1.165) is 38.2 Å². The van der Waals surface area contributed by atoms with Crippen LogP contribution >= 0.6 is 0 Å². The second-order valence-corrected chi connectivity index (χ2v) is 9.15. The van der Waals surface area contributed by atoms with Gasteiger partial charge in [-0.3, -0.25) is 15.5 Å². The van der Waals surface area contributed by atoms with Crippen LogP contribution in [0, 0.1) is 10.1 Å². The number of aromatic hydroxyl groups is 1. The summed E-state index contributed by atoms with van der Waals surface area (Å²) in [6.07, 6.45) is 5.86. The number of non-ortho nitro benzene ring substituents is 1. The Morgan fingerprint density at radius 3 is 2.57 bits per heavy atom. The molecule has 1 fully saturated rings. The molecule has 9 nitrogen and oxygen atoms in total. The summed E-state index contributed by atoms with van der Waals surface area (Å²) in [5, 5.41) is 25.0. The van der Waals surface area contributed by atoms with Crippen LogP contribution in [0.1, 0.15) is 37.7 Å². The molecule has 0 radical (unpaired) electrons. The molecule has 0 heterocycles. The molecule has 0 bridgehead atoms. The van der Waals surface area contributed by atoms with Gasteiger partial charge in [-0.15, -0.1) is 0 Å². The fourth-order valence-corrected chi connectivity index (χ4v) is 5.07. The number of nitrogens with zero attached hydrogens (tertiary/aromatic N) is 3. The van der Waals surface area contributed by atoms with Crippen molar-refractivity contribution in [3.05, 3.63) is 58.1 Å². The van der Waals surface area contributed by atoms with Gasteiger partial charge in [0, 0.05) is 30.8 Å². The van der Waals surface area contributed by atoms with E-state index >= 15 is 0 Å². The molecule has 0 aliphatic heterocycles. The van der Waals surface area contributed by atoms with Crippen molar-refractivity contribution < 1.29 is 18.4 Å². The molecular weight excluding hydrogens is 408 g/mol. The fourth-order valence-electron chi connectivity index (χ4n) is 3.49. The average Bonchev–Trinajstić information content (AvgIpc) is 2.75. The molecular formula is C20H24N4O5S. The highest BCUT2D eigenvalue weighted by atomic mass is 32.2. The number of sulfonamides is 1. The van der Waals surface area contributed by atoms with E-state index in [4.69, 9.17) is 0 Å². The maximum atomic E-state index is 13.3. The van der Waals surface area contributed by atoms with E-state index in [2.05, 4.69) is 10.5 Å². The Hall–Kier alpha value is -2.98. The monoisotopic (exact) mass is 432 g/mol. The van der Waals surface area contributed by atoms with Gasteiger partial charge in [-0.2, -0.15) is 9.41 Å². The van der Waals surface area contributed by atoms with Crippen LogP contribution in [0.2, 0.25) is 0 Å². The first-order chi connectivity index (χ1) is 14.3. The zero-order valence-corrected chi connectivity index (χ0v) is 17.4. The first kappa shape index (κ1) is 21.7. The van der Waals surface area contributed by atoms with E-state index in [-0.39, 0.29) is 28.1 Å². The minimum Gasteiger partial charge on any atom is -0.507 e. The molecule has 30 heavy (non-hydrogen) atoms. The van der Waals surface area contributed by atoms with Crippen molar-refractivity contribution in [1.29, 1.82) is 0 Å². The van der Waals surface area contributed by atoms with E-state index in [1.54, 1.807) is 18.2 Å². The van der Waals surface area contributed by atoms with E-state index < -0.39 is 14.9 Å². The predicted molar refractivity (Wildman–Crippen MR) is 114 cm³/mol. The largest absolute Gasteiger partial charge is 0.507 e. The lowest BCUT2D eigenvalue weighted by molar-refractivity contribution is -0.385. The Morgan fingerprint density at radius 1 is 1.20 bits per heavy atom. The number of anilines is 1. The second kappa shape index (κ2) is 9.23. The number of hydrogen-bond acceptors (Lipinski definition) is 7. The normalized spacial score (nSPS) is 15.5. The van der Waals surface area contributed by atoms with Crippen LogP contribution in [-0.4, -0.2) is 42.1 Å². The van der Waals surface area contributed by atoms with Crippen LogP contribution in [0.25, 0.3) is 0 Å². The second-order valence-electron chi connectivity index (χ2n) is 7.18. The van der Waals surface area contributed by atoms with Gasteiger partial charge in [-0.1, -0.05) is 31.4 Å². The Balaban J connectivity index is 1.94. The Kier molecular flexibility index (Phi) is 6.68. The zero-order chi connectivity index (χ0) is 21.7. The van der Waals surface area contributed by atoms with Gasteiger partial charge >= 0.3 is 0 Å². The molecule has 0 saturated heterocycles. The van der Waals surface area contributed by atoms with Crippen molar-refractivity contribution in [3.63, 3.8) is 0 Å². The summed E-state index contributed by atoms with van der Waals surface area (Å²) < 4.78 is 27.9. The van der Waals surface area contributed by atoms with Crippen LogP contribution < -0.4 is 5.43 Å². The van der Waals surface area contributed by atoms with Gasteiger partial charge < -0.3 is 5.11 Å². The number of nitrogens with one attached hydrogen (secondary N) is 1. The maximum Gasteiger partial charge on any atom is 0.270 e. The van der Waals surface area contributed by atoms with Crippen LogP contribution in [-0.2, 0) is 10.0 Å². The minimum atomic E-state index is -3.99. The van der Waals surface area contributed by atoms with E-state index in [1.807, 2.05) is 0 Å². The molecule has 10 heteroatoms. The average molecular weight is 433 g/mol. The molecule has 0 atom stereocenters. The minimum absolute atomic E-state index is 0.0247. The Morgan fingerprint density at radius 2 is 1.90 bits per heavy atom. The third-order valence-corrected chi connectivity index (χ3v) is 7.20. The van der Waals surface area contributed by atoms with Gasteiger partial charge in [-0.05, 0) is 31.0 Å². The molecule has 1 saturated carbocycles. The van der Waals surface area contributed by atoms with Crippen molar-refractivity contribution in [2.24, 2.45) is 5.10 Å². The van der Waals surface area contributed by atoms with Gasteiger partial charge in [0.25, 0.3) is 5.69 Å². The third kappa shape index (κ3) is 4.77. The topological polar surface area (TPSA) is 125 Å². The summed E-state index contributed by atoms with van der Waals surface area (Å²) in [6, 6.07) is 9.99. The van der Waals surface area contributed by atoms with Gasteiger partial charge in [-0.25, -0.2) is 8.42 Å². The van der Waals surface area contributed by atoms with Gasteiger partial charge in [0.1, 0.15) is 10.6 Å². The van der Waals surface area contributed by atoms with Crippen molar-refractivity contribution in [1.82, 2.24) is 4.31 Å². The first-order valence-corrected chi connectivity index (χ1v) is 11.1. The summed E-state index contributed by atoms with van der Waals surface area (Å²) in [5.41, 5.74) is 2.89. The summed E-state index contributed by atoms with van der Waals surface area (Å²) in [4.78, 5) is 10.4. The van der Waals surface area contributed by atoms with Crippen LogP contribution in [0.4, 0.5) is 11.4 Å². The number of phenolic OH excluding ortho intramolecular Hbond substituents is 1. The summed E-state index contributed by atoms with van der Waals surface area (Å²) in [5.74, 6) is 0.0247. The molecule has 160 valence electrons. The molecule has 0 unspecified atom stereocenters. The fraction of sp³-hybridized carbons (Fsp3) is 0.350. The SMILES string of the molecule is CN(C1CCCCC1)S(=O)(=O)c1cc([N+](=O)[O-])ccc1N/N=C\c1ccccc1O. The standard InChI is InChI=1S/C20H24N4O5S/c1-23(16-8-3-2-4-9-16)30(28,29)20-13-17(24(26)27)11-12-18(20)22-21-14-15-7-5-6-10-19(15)25/h5-7,10-14,16,22,25H,2-4,8-9H2,1H3/b21-14-. The summed E-state index contributed by atoms with van der Waals surface area (Å²) in [6.45, 7) is 0. The number of rotatable bonds is 7. The molecule has 2 aromatic carbocycles. The number of hydrazone groups is 1. The highest BCUT2D eigenvalue weighted by Gasteiger charge is 2.32. The van der Waals surface area contributed by atoms with Crippen molar-refractivity contribution >= 4 is 27.6 Å². The van der Waals surface area contributed by atoms with E-state index in [1.165, 1.54) is 35.8 Å². The molecule has 1 aliphatic rings. The van der Waals surface area contributed by atoms with Gasteiger partial charge in [0.15, 0.2) is 0 Å². The van der Waals surface area contributed by atoms with Crippen LogP contribution in [0.15, 0.2) is 52.5 Å². The van der Waals surface area contributed by atoms with Crippen LogP contribution in [0.3, 0.4) is 0 Å². The van der Waals surface area contributed by atoms with E-state index in [0.29, 0.717) is 5.56 Å². The molecule has 2 N–H and O–H groups in total. The van der Waals surface area contributed by atoms with Gasteiger partial charge in [0.05, 0.1) is 16.8 Å². The van der Waals surface area contributed by atoms with Crippen molar-refractivity contribution in [2.45, 2.75) is 43.0 Å². The number of para-hydroxylation sites is 1. The quantitative estimate of drug-likeness (QED) is 0.390. The van der Waals surface area contributed by atoms with Crippen LogP contribution in [0.5, 0.6) is 5.75 Å². The summed E-state index contributed by atoms with van der Waals surface area (Å²) in [7, 11) is -2.47. The molecule has 2 aromatic rings. The third-order valence-electron chi connectivity index (χ3n) is 5.25. The Labute approximate surface area is 175 Å². The smallest absolute Gasteiger partial charge is 0.270 e. The molecule has 0 amide bonds. The highest BCUT2D eigenvalue weighted by molar-refractivity contribution is 7.89. The predicted octanol–water partition coefficient (Wildman–Crippen LogP) is 3.70. The lowest BCUT2D eigenvalue weighted by Crippen LogP contribution is -2.38. The van der Waals surface area contributed by atoms with Crippen molar-refractivity contribution in [3.8, 4) is 5.75 Å². The number of benzene rings is 2. The number of phenols is 1. The van der Waals surface area contributed by atoms with Gasteiger partial charge in [0.2, 0.25) is 10.0 Å². The molecule has 0 aromatic heterocycles. The lowest BCUT2D eigenvalue weighted by Gasteiger charge is -2.30. The number of nitro groups is 1.